The summed E-state index contributed by atoms with van der Waals surface area (Å²) in [6, 6.07) is 0.310. The van der Waals surface area contributed by atoms with Crippen LogP contribution >= 0.6 is 0 Å². The van der Waals surface area contributed by atoms with E-state index < -0.39 is 18.3 Å². The second-order valence-electron chi connectivity index (χ2n) is 6.54. The standard InChI is InChI=1S/C15H25N3O4/c1-3-21-15(20)10-5-9-12(19)8-4-7(2)17-6-11(8)22-14(9)18-13(10)16/h7-11,13-14,17-18H,3-6,16H2,1-2H3. The van der Waals surface area contributed by atoms with Gasteiger partial charge in [0.2, 0.25) is 0 Å². The van der Waals surface area contributed by atoms with Gasteiger partial charge in [-0.15, -0.1) is 0 Å². The maximum Gasteiger partial charge on any atom is 0.311 e. The first-order valence-electron chi connectivity index (χ1n) is 8.12. The average molecular weight is 311 g/mol. The number of Topliss-reactive ketones (excluding diaryl/α,β-unsaturated/α-hetero) is 1. The lowest BCUT2D eigenvalue weighted by atomic mass is 9.74. The molecule has 124 valence electrons. The van der Waals surface area contributed by atoms with Crippen molar-refractivity contribution in [1.82, 2.24) is 10.6 Å². The van der Waals surface area contributed by atoms with Crippen LogP contribution in [0.4, 0.5) is 0 Å². The molecule has 7 heteroatoms. The van der Waals surface area contributed by atoms with Crippen LogP contribution in [-0.4, -0.2) is 49.4 Å². The topological polar surface area (TPSA) is 103 Å². The molecule has 7 atom stereocenters. The van der Waals surface area contributed by atoms with Gasteiger partial charge in [0.25, 0.3) is 0 Å². The third-order valence-corrected chi connectivity index (χ3v) is 5.03. The summed E-state index contributed by atoms with van der Waals surface area (Å²) < 4.78 is 11.1. The van der Waals surface area contributed by atoms with Crippen LogP contribution in [0.15, 0.2) is 0 Å². The third kappa shape index (κ3) is 2.78. The Balaban J connectivity index is 1.74. The number of hydrogen-bond donors (Lipinski definition) is 3. The SMILES string of the molecule is CCOC(=O)C1CC2C(=O)C3CC(C)NCC3OC2NC1N. The molecular formula is C15H25N3O4. The van der Waals surface area contributed by atoms with Crippen LogP contribution in [0.2, 0.25) is 0 Å². The smallest absolute Gasteiger partial charge is 0.311 e. The van der Waals surface area contributed by atoms with Crippen LogP contribution in [-0.2, 0) is 19.1 Å². The van der Waals surface area contributed by atoms with Gasteiger partial charge in [-0.1, -0.05) is 0 Å². The zero-order chi connectivity index (χ0) is 15.9. The first-order valence-corrected chi connectivity index (χ1v) is 8.12. The van der Waals surface area contributed by atoms with Gasteiger partial charge in [-0.25, -0.2) is 0 Å². The van der Waals surface area contributed by atoms with E-state index in [2.05, 4.69) is 17.6 Å². The van der Waals surface area contributed by atoms with Crippen LogP contribution < -0.4 is 16.4 Å². The molecule has 0 spiro atoms. The molecule has 3 aliphatic rings. The molecule has 0 bridgehead atoms. The summed E-state index contributed by atoms with van der Waals surface area (Å²) in [4.78, 5) is 24.9. The Labute approximate surface area is 130 Å². The summed E-state index contributed by atoms with van der Waals surface area (Å²) in [5.74, 6) is -1.04. The van der Waals surface area contributed by atoms with E-state index in [-0.39, 0.29) is 29.7 Å². The monoisotopic (exact) mass is 311 g/mol. The van der Waals surface area contributed by atoms with Gasteiger partial charge in [0, 0.05) is 18.5 Å². The minimum atomic E-state index is -0.542. The molecule has 0 amide bonds. The van der Waals surface area contributed by atoms with Crippen molar-refractivity contribution in [2.24, 2.45) is 23.5 Å². The number of ketones is 1. The normalized spacial score (nSPS) is 44.9. The summed E-state index contributed by atoms with van der Waals surface area (Å²) in [5.41, 5.74) is 6.03. The lowest BCUT2D eigenvalue weighted by Gasteiger charge is -2.48. The highest BCUT2D eigenvalue weighted by Gasteiger charge is 2.51. The lowest BCUT2D eigenvalue weighted by Crippen LogP contribution is -2.67. The molecule has 22 heavy (non-hydrogen) atoms. The molecule has 0 radical (unpaired) electrons. The predicted molar refractivity (Wildman–Crippen MR) is 78.6 cm³/mol. The molecule has 3 heterocycles. The third-order valence-electron chi connectivity index (χ3n) is 5.03. The van der Waals surface area contributed by atoms with Crippen molar-refractivity contribution in [2.75, 3.05) is 13.2 Å². The first kappa shape index (κ1) is 15.9. The molecule has 0 saturated carbocycles. The summed E-state index contributed by atoms with van der Waals surface area (Å²) in [6.07, 6.45) is 0.137. The van der Waals surface area contributed by atoms with Gasteiger partial charge < -0.3 is 20.5 Å². The minimum Gasteiger partial charge on any atom is -0.466 e. The number of hydrogen-bond acceptors (Lipinski definition) is 7. The van der Waals surface area contributed by atoms with Gasteiger partial charge in [0.15, 0.2) is 0 Å². The van der Waals surface area contributed by atoms with Gasteiger partial charge >= 0.3 is 5.97 Å². The summed E-state index contributed by atoms with van der Waals surface area (Å²) in [6.45, 7) is 4.83. The van der Waals surface area contributed by atoms with E-state index in [1.165, 1.54) is 0 Å². The first-order chi connectivity index (χ1) is 10.5. The van der Waals surface area contributed by atoms with Crippen molar-refractivity contribution in [2.45, 2.75) is 51.2 Å². The van der Waals surface area contributed by atoms with E-state index in [0.29, 0.717) is 25.6 Å². The number of esters is 1. The number of nitrogens with one attached hydrogen (secondary N) is 2. The Hall–Kier alpha value is -1.02. The van der Waals surface area contributed by atoms with E-state index >= 15 is 0 Å². The van der Waals surface area contributed by atoms with Crippen molar-refractivity contribution < 1.29 is 19.1 Å². The Kier molecular flexibility index (Phi) is 4.49. The van der Waals surface area contributed by atoms with Crippen LogP contribution in [0.3, 0.4) is 0 Å². The van der Waals surface area contributed by atoms with Gasteiger partial charge in [0.1, 0.15) is 12.0 Å². The second-order valence-corrected chi connectivity index (χ2v) is 6.54. The Morgan fingerprint density at radius 3 is 2.91 bits per heavy atom. The van der Waals surface area contributed by atoms with E-state index in [0.717, 1.165) is 6.42 Å². The number of carbonyl (C=O) groups excluding carboxylic acids is 2. The van der Waals surface area contributed by atoms with E-state index in [4.69, 9.17) is 15.2 Å². The fourth-order valence-electron chi connectivity index (χ4n) is 3.84. The van der Waals surface area contributed by atoms with Crippen molar-refractivity contribution in [3.8, 4) is 0 Å². The van der Waals surface area contributed by atoms with E-state index in [1.54, 1.807) is 6.92 Å². The molecule has 3 rings (SSSR count). The van der Waals surface area contributed by atoms with Gasteiger partial charge in [-0.3, -0.25) is 14.9 Å². The molecule has 0 aromatic carbocycles. The molecular weight excluding hydrogens is 286 g/mol. The van der Waals surface area contributed by atoms with Crippen LogP contribution in [0.5, 0.6) is 0 Å². The highest BCUT2D eigenvalue weighted by Crippen LogP contribution is 2.37. The lowest BCUT2D eigenvalue weighted by molar-refractivity contribution is -0.181. The summed E-state index contributed by atoms with van der Waals surface area (Å²) >= 11 is 0. The number of ether oxygens (including phenoxy) is 2. The van der Waals surface area contributed by atoms with Crippen molar-refractivity contribution in [3.05, 3.63) is 0 Å². The van der Waals surface area contributed by atoms with Crippen LogP contribution in [0.1, 0.15) is 26.7 Å². The van der Waals surface area contributed by atoms with Crippen molar-refractivity contribution in [3.63, 3.8) is 0 Å². The Morgan fingerprint density at radius 2 is 2.18 bits per heavy atom. The quantitative estimate of drug-likeness (QED) is 0.582. The molecule has 3 saturated heterocycles. The van der Waals surface area contributed by atoms with E-state index in [9.17, 15) is 9.59 Å². The van der Waals surface area contributed by atoms with Crippen molar-refractivity contribution in [1.29, 1.82) is 0 Å². The molecule has 7 nitrogen and oxygen atoms in total. The second kappa shape index (κ2) is 6.23. The Morgan fingerprint density at radius 1 is 1.41 bits per heavy atom. The minimum absolute atomic E-state index is 0.0866. The fourth-order valence-corrected chi connectivity index (χ4v) is 3.84. The Bertz CT molecular complexity index is 458. The molecule has 3 aliphatic heterocycles. The number of fused-ring (bicyclic) bond motifs is 2. The maximum atomic E-state index is 12.8. The maximum absolute atomic E-state index is 12.8. The molecule has 0 aromatic heterocycles. The number of piperidine rings is 2. The van der Waals surface area contributed by atoms with Gasteiger partial charge in [-0.2, -0.15) is 0 Å². The molecule has 4 N–H and O–H groups in total. The van der Waals surface area contributed by atoms with Crippen molar-refractivity contribution >= 4 is 11.8 Å². The highest BCUT2D eigenvalue weighted by atomic mass is 16.5. The number of rotatable bonds is 2. The predicted octanol–water partition coefficient (Wildman–Crippen LogP) is -0.648. The zero-order valence-corrected chi connectivity index (χ0v) is 13.1. The summed E-state index contributed by atoms with van der Waals surface area (Å²) in [5, 5.41) is 6.43. The molecule has 0 aliphatic carbocycles. The van der Waals surface area contributed by atoms with E-state index in [1.807, 2.05) is 0 Å². The highest BCUT2D eigenvalue weighted by molar-refractivity contribution is 5.86. The number of carbonyl (C=O) groups is 2. The van der Waals surface area contributed by atoms with Crippen LogP contribution in [0, 0.1) is 17.8 Å². The summed E-state index contributed by atoms with van der Waals surface area (Å²) in [7, 11) is 0. The van der Waals surface area contributed by atoms with Gasteiger partial charge in [0.05, 0.1) is 30.7 Å². The largest absolute Gasteiger partial charge is 0.466 e. The fraction of sp³-hybridized carbons (Fsp3) is 0.867. The number of nitrogens with two attached hydrogens (primary N) is 1. The zero-order valence-electron chi connectivity index (χ0n) is 13.1. The average Bonchev–Trinajstić information content (AvgIpc) is 2.48. The molecule has 3 fully saturated rings. The van der Waals surface area contributed by atoms with Crippen LogP contribution in [0.25, 0.3) is 0 Å². The van der Waals surface area contributed by atoms with Gasteiger partial charge in [-0.05, 0) is 26.7 Å². The molecule has 0 aromatic rings. The molecule has 7 unspecified atom stereocenters.